The summed E-state index contributed by atoms with van der Waals surface area (Å²) < 4.78 is 7.40. The Morgan fingerprint density at radius 2 is 1.71 bits per heavy atom. The number of benzene rings is 2. The monoisotopic (exact) mass is 431 g/mol. The van der Waals surface area contributed by atoms with E-state index in [4.69, 9.17) is 16.3 Å². The van der Waals surface area contributed by atoms with E-state index < -0.39 is 0 Å². The third kappa shape index (κ3) is 4.01. The molecular weight excluding hydrogens is 417 g/mol. The number of nitrogens with one attached hydrogen (secondary N) is 1. The Hall–Kier alpha value is -0.550. The lowest BCUT2D eigenvalue weighted by Crippen LogP contribution is -2.17. The molecule has 0 radical (unpaired) electrons. The van der Waals surface area contributed by atoms with Crippen molar-refractivity contribution in [1.82, 2.24) is 5.32 Å². The fraction of sp³-hybridized carbons (Fsp3) is 0.250. The minimum absolute atomic E-state index is 0.0885. The zero-order valence-corrected chi connectivity index (χ0v) is 15.7. The van der Waals surface area contributed by atoms with E-state index in [1.165, 1.54) is 0 Å². The highest BCUT2D eigenvalue weighted by molar-refractivity contribution is 9.10. The SMILES string of the molecule is CCOc1ccc(C(NC)c2ccc(Cl)c(Br)c2)cc1Br. The lowest BCUT2D eigenvalue weighted by atomic mass is 9.99. The minimum atomic E-state index is 0.0885. The van der Waals surface area contributed by atoms with Gasteiger partial charge in [0.2, 0.25) is 0 Å². The molecule has 0 bridgehead atoms. The maximum Gasteiger partial charge on any atom is 0.133 e. The maximum absolute atomic E-state index is 6.06. The van der Waals surface area contributed by atoms with Gasteiger partial charge >= 0.3 is 0 Å². The summed E-state index contributed by atoms with van der Waals surface area (Å²) in [5.41, 5.74) is 2.30. The summed E-state index contributed by atoms with van der Waals surface area (Å²) in [4.78, 5) is 0. The molecule has 0 fully saturated rings. The molecule has 2 aromatic carbocycles. The van der Waals surface area contributed by atoms with E-state index in [1.807, 2.05) is 38.2 Å². The molecule has 0 amide bonds. The van der Waals surface area contributed by atoms with Crippen molar-refractivity contribution in [3.63, 3.8) is 0 Å². The Morgan fingerprint density at radius 1 is 1.10 bits per heavy atom. The van der Waals surface area contributed by atoms with E-state index in [0.29, 0.717) is 11.6 Å². The Morgan fingerprint density at radius 3 is 2.24 bits per heavy atom. The van der Waals surface area contributed by atoms with Gasteiger partial charge in [-0.3, -0.25) is 0 Å². The van der Waals surface area contributed by atoms with Crippen LogP contribution in [0.4, 0.5) is 0 Å². The van der Waals surface area contributed by atoms with E-state index >= 15 is 0 Å². The molecule has 21 heavy (non-hydrogen) atoms. The average Bonchev–Trinajstić information content (AvgIpc) is 2.46. The average molecular weight is 434 g/mol. The molecule has 2 aromatic rings. The summed E-state index contributed by atoms with van der Waals surface area (Å²) in [5.74, 6) is 0.855. The van der Waals surface area contributed by atoms with Crippen molar-refractivity contribution in [3.8, 4) is 5.75 Å². The first-order valence-corrected chi connectivity index (χ1v) is 8.57. The molecule has 0 aliphatic carbocycles. The lowest BCUT2D eigenvalue weighted by molar-refractivity contribution is 0.338. The molecule has 0 saturated heterocycles. The maximum atomic E-state index is 6.06. The Bertz CT molecular complexity index is 634. The van der Waals surface area contributed by atoms with E-state index in [2.05, 4.69) is 49.3 Å². The topological polar surface area (TPSA) is 21.3 Å². The van der Waals surface area contributed by atoms with Crippen LogP contribution in [0.3, 0.4) is 0 Å². The van der Waals surface area contributed by atoms with Crippen molar-refractivity contribution in [2.24, 2.45) is 0 Å². The smallest absolute Gasteiger partial charge is 0.133 e. The molecule has 5 heteroatoms. The van der Waals surface area contributed by atoms with Gasteiger partial charge in [-0.1, -0.05) is 23.7 Å². The second kappa shape index (κ2) is 7.63. The standard InChI is InChI=1S/C16H16Br2ClNO/c1-3-21-15-7-5-11(9-13(15)18)16(20-2)10-4-6-14(19)12(17)8-10/h4-9,16,20H,3H2,1-2H3. The van der Waals surface area contributed by atoms with Gasteiger partial charge in [-0.05, 0) is 81.2 Å². The molecule has 112 valence electrons. The fourth-order valence-corrected chi connectivity index (χ4v) is 3.21. The lowest BCUT2D eigenvalue weighted by Gasteiger charge is -2.19. The highest BCUT2D eigenvalue weighted by Gasteiger charge is 2.15. The van der Waals surface area contributed by atoms with Crippen LogP contribution < -0.4 is 10.1 Å². The van der Waals surface area contributed by atoms with E-state index in [0.717, 1.165) is 25.8 Å². The van der Waals surface area contributed by atoms with Crippen LogP contribution in [0.1, 0.15) is 24.1 Å². The first-order valence-electron chi connectivity index (χ1n) is 6.61. The van der Waals surface area contributed by atoms with Gasteiger partial charge in [0.25, 0.3) is 0 Å². The molecule has 1 N–H and O–H groups in total. The number of rotatable bonds is 5. The van der Waals surface area contributed by atoms with Crippen LogP contribution in [0.15, 0.2) is 45.3 Å². The first kappa shape index (κ1) is 16.8. The summed E-state index contributed by atoms with van der Waals surface area (Å²) in [6.45, 7) is 2.62. The summed E-state index contributed by atoms with van der Waals surface area (Å²) >= 11 is 13.1. The summed E-state index contributed by atoms with van der Waals surface area (Å²) in [6.07, 6.45) is 0. The molecule has 0 heterocycles. The van der Waals surface area contributed by atoms with E-state index in [1.54, 1.807) is 0 Å². The van der Waals surface area contributed by atoms with Crippen molar-refractivity contribution < 1.29 is 4.74 Å². The van der Waals surface area contributed by atoms with Crippen LogP contribution in [0.25, 0.3) is 0 Å². The highest BCUT2D eigenvalue weighted by Crippen LogP contribution is 2.33. The quantitative estimate of drug-likeness (QED) is 0.665. The molecule has 2 rings (SSSR count). The van der Waals surface area contributed by atoms with Gasteiger partial charge in [0.1, 0.15) is 5.75 Å². The van der Waals surface area contributed by atoms with E-state index in [-0.39, 0.29) is 6.04 Å². The Balaban J connectivity index is 2.36. The summed E-state index contributed by atoms with van der Waals surface area (Å²) in [6, 6.07) is 12.2. The second-order valence-electron chi connectivity index (χ2n) is 4.52. The molecule has 0 spiro atoms. The van der Waals surface area contributed by atoms with Crippen LogP contribution in [-0.2, 0) is 0 Å². The molecular formula is C16H16Br2ClNO. The summed E-state index contributed by atoms with van der Waals surface area (Å²) in [7, 11) is 1.94. The summed E-state index contributed by atoms with van der Waals surface area (Å²) in [5, 5.41) is 4.04. The van der Waals surface area contributed by atoms with Crippen molar-refractivity contribution in [2.45, 2.75) is 13.0 Å². The second-order valence-corrected chi connectivity index (χ2v) is 6.63. The van der Waals surface area contributed by atoms with Gasteiger partial charge < -0.3 is 10.1 Å². The van der Waals surface area contributed by atoms with Gasteiger partial charge in [-0.25, -0.2) is 0 Å². The number of hydrogen-bond donors (Lipinski definition) is 1. The third-order valence-electron chi connectivity index (χ3n) is 3.15. The van der Waals surface area contributed by atoms with Crippen molar-refractivity contribution >= 4 is 43.5 Å². The molecule has 0 saturated carbocycles. The number of hydrogen-bond acceptors (Lipinski definition) is 2. The largest absolute Gasteiger partial charge is 0.493 e. The van der Waals surface area contributed by atoms with Gasteiger partial charge in [-0.2, -0.15) is 0 Å². The zero-order valence-electron chi connectivity index (χ0n) is 11.8. The van der Waals surface area contributed by atoms with E-state index in [9.17, 15) is 0 Å². The first-order chi connectivity index (χ1) is 10.1. The van der Waals surface area contributed by atoms with Crippen molar-refractivity contribution in [1.29, 1.82) is 0 Å². The molecule has 1 unspecified atom stereocenters. The zero-order chi connectivity index (χ0) is 15.4. The number of halogens is 3. The van der Waals surface area contributed by atoms with Crippen molar-refractivity contribution in [2.75, 3.05) is 13.7 Å². The van der Waals surface area contributed by atoms with Gasteiger partial charge in [0, 0.05) is 4.47 Å². The highest BCUT2D eigenvalue weighted by atomic mass is 79.9. The predicted molar refractivity (Wildman–Crippen MR) is 95.4 cm³/mol. The molecule has 0 aliphatic rings. The van der Waals surface area contributed by atoms with Crippen LogP contribution in [0.2, 0.25) is 5.02 Å². The normalized spacial score (nSPS) is 12.2. The van der Waals surface area contributed by atoms with Crippen molar-refractivity contribution in [3.05, 3.63) is 61.5 Å². The number of ether oxygens (including phenoxy) is 1. The van der Waals surface area contributed by atoms with Crippen LogP contribution in [0.5, 0.6) is 5.75 Å². The van der Waals surface area contributed by atoms with Crippen LogP contribution >= 0.6 is 43.5 Å². The molecule has 1 atom stereocenters. The van der Waals surface area contributed by atoms with Crippen LogP contribution in [0, 0.1) is 0 Å². The van der Waals surface area contributed by atoms with Crippen LogP contribution in [-0.4, -0.2) is 13.7 Å². The van der Waals surface area contributed by atoms with Gasteiger partial charge in [0.05, 0.1) is 22.1 Å². The molecule has 2 nitrogen and oxygen atoms in total. The molecule has 0 aliphatic heterocycles. The Labute approximate surface area is 147 Å². The van der Waals surface area contributed by atoms with Gasteiger partial charge in [0.15, 0.2) is 0 Å². The Kier molecular flexibility index (Phi) is 6.11. The third-order valence-corrected chi connectivity index (χ3v) is 4.99. The van der Waals surface area contributed by atoms with Gasteiger partial charge in [-0.15, -0.1) is 0 Å². The minimum Gasteiger partial charge on any atom is -0.493 e. The fourth-order valence-electron chi connectivity index (χ4n) is 2.19. The molecule has 0 aromatic heterocycles. The predicted octanol–water partition coefficient (Wildman–Crippen LogP) is 5.57.